The van der Waals surface area contributed by atoms with Crippen molar-refractivity contribution in [1.29, 1.82) is 0 Å². The van der Waals surface area contributed by atoms with Gasteiger partial charge in [0.25, 0.3) is 0 Å². The van der Waals surface area contributed by atoms with Crippen LogP contribution in [0.4, 0.5) is 0 Å². The summed E-state index contributed by atoms with van der Waals surface area (Å²) in [6.07, 6.45) is 3.85. The molecule has 2 amide bonds. The minimum Gasteiger partial charge on any atom is -0.357 e. The molecule has 1 aliphatic heterocycles. The Morgan fingerprint density at radius 2 is 2.18 bits per heavy atom. The summed E-state index contributed by atoms with van der Waals surface area (Å²) in [4.78, 5) is 25.5. The third-order valence-corrected chi connectivity index (χ3v) is 3.33. The molecule has 0 spiro atoms. The maximum atomic E-state index is 12.1. The van der Waals surface area contributed by atoms with E-state index in [0.29, 0.717) is 13.0 Å². The molecule has 0 aromatic rings. The predicted molar refractivity (Wildman–Crippen MR) is 66.3 cm³/mol. The van der Waals surface area contributed by atoms with E-state index in [0.717, 1.165) is 25.7 Å². The van der Waals surface area contributed by atoms with Crippen molar-refractivity contribution < 1.29 is 9.59 Å². The van der Waals surface area contributed by atoms with Crippen LogP contribution in [-0.2, 0) is 9.59 Å². The van der Waals surface area contributed by atoms with E-state index in [-0.39, 0.29) is 23.9 Å². The molecule has 2 unspecified atom stereocenters. The summed E-state index contributed by atoms with van der Waals surface area (Å²) in [5.74, 6) is -0.0595. The van der Waals surface area contributed by atoms with E-state index in [1.165, 1.54) is 0 Å². The second kappa shape index (κ2) is 6.59. The lowest BCUT2D eigenvalue weighted by Gasteiger charge is -2.35. The molecule has 0 bridgehead atoms. The first-order valence-corrected chi connectivity index (χ1v) is 6.36. The molecule has 0 saturated carbocycles. The quantitative estimate of drug-likeness (QED) is 0.740. The van der Waals surface area contributed by atoms with Gasteiger partial charge in [-0.15, -0.1) is 0 Å². The highest BCUT2D eigenvalue weighted by Gasteiger charge is 2.31. The lowest BCUT2D eigenvalue weighted by Crippen LogP contribution is -2.52. The predicted octanol–water partition coefficient (Wildman–Crippen LogP) is 0.241. The summed E-state index contributed by atoms with van der Waals surface area (Å²) in [7, 11) is 1.61. The fourth-order valence-electron chi connectivity index (χ4n) is 2.16. The monoisotopic (exact) mass is 241 g/mol. The van der Waals surface area contributed by atoms with E-state index >= 15 is 0 Å². The van der Waals surface area contributed by atoms with Crippen molar-refractivity contribution in [2.45, 2.75) is 51.1 Å². The Kier molecular flexibility index (Phi) is 5.41. The van der Waals surface area contributed by atoms with E-state index in [2.05, 4.69) is 5.32 Å². The molecule has 5 nitrogen and oxygen atoms in total. The van der Waals surface area contributed by atoms with E-state index in [1.807, 2.05) is 6.92 Å². The molecule has 1 fully saturated rings. The van der Waals surface area contributed by atoms with Gasteiger partial charge in [0, 0.05) is 26.1 Å². The van der Waals surface area contributed by atoms with Gasteiger partial charge in [0.05, 0.1) is 0 Å². The first kappa shape index (κ1) is 14.0. The molecule has 1 heterocycles. The molecule has 1 rings (SSSR count). The number of amides is 2. The number of likely N-dealkylation sites (tertiary alicyclic amines) is 1. The Bertz CT molecular complexity index is 281. The number of likely N-dealkylation sites (N-methyl/N-ethyl adjacent to an activating group) is 1. The first-order valence-electron chi connectivity index (χ1n) is 6.36. The van der Waals surface area contributed by atoms with Gasteiger partial charge in [-0.2, -0.15) is 0 Å². The first-order chi connectivity index (χ1) is 8.10. The second-order valence-electron chi connectivity index (χ2n) is 4.59. The molecule has 5 heteroatoms. The van der Waals surface area contributed by atoms with E-state index in [4.69, 9.17) is 5.73 Å². The lowest BCUT2D eigenvalue weighted by atomic mass is 10.00. The summed E-state index contributed by atoms with van der Waals surface area (Å²) in [6.45, 7) is 2.64. The number of hydrogen-bond acceptors (Lipinski definition) is 3. The number of nitrogens with two attached hydrogens (primary N) is 1. The van der Waals surface area contributed by atoms with Crippen LogP contribution in [0.1, 0.15) is 39.0 Å². The molecular weight excluding hydrogens is 218 g/mol. The van der Waals surface area contributed by atoms with Gasteiger partial charge in [0.2, 0.25) is 11.8 Å². The fraction of sp³-hybridized carbons (Fsp3) is 0.833. The van der Waals surface area contributed by atoms with Gasteiger partial charge in [-0.25, -0.2) is 0 Å². The Balaban J connectivity index is 2.64. The maximum absolute atomic E-state index is 12.1. The molecule has 0 aromatic carbocycles. The van der Waals surface area contributed by atoms with Gasteiger partial charge in [-0.3, -0.25) is 9.59 Å². The van der Waals surface area contributed by atoms with Gasteiger partial charge in [0.15, 0.2) is 0 Å². The molecule has 17 heavy (non-hydrogen) atoms. The van der Waals surface area contributed by atoms with Crippen LogP contribution in [-0.4, -0.2) is 42.4 Å². The zero-order chi connectivity index (χ0) is 12.8. The van der Waals surface area contributed by atoms with Crippen LogP contribution >= 0.6 is 0 Å². The summed E-state index contributed by atoms with van der Waals surface area (Å²) >= 11 is 0. The summed E-state index contributed by atoms with van der Waals surface area (Å²) in [5, 5.41) is 2.62. The van der Waals surface area contributed by atoms with Crippen molar-refractivity contribution in [3.05, 3.63) is 0 Å². The Labute approximate surface area is 103 Å². The summed E-state index contributed by atoms with van der Waals surface area (Å²) in [5.41, 5.74) is 5.79. The molecule has 3 N–H and O–H groups in total. The van der Waals surface area contributed by atoms with E-state index in [9.17, 15) is 9.59 Å². The number of nitrogens with zero attached hydrogens (tertiary/aromatic N) is 1. The molecular formula is C12H23N3O2. The van der Waals surface area contributed by atoms with Crippen molar-refractivity contribution in [2.24, 2.45) is 5.73 Å². The standard InChI is InChI=1S/C12H23N3O2/c1-3-9(13)8-11(16)15-7-5-4-6-10(15)12(17)14-2/h9-10H,3-8,13H2,1-2H3,(H,14,17). The average molecular weight is 241 g/mol. The Morgan fingerprint density at radius 1 is 1.47 bits per heavy atom. The largest absolute Gasteiger partial charge is 0.357 e. The topological polar surface area (TPSA) is 75.4 Å². The highest BCUT2D eigenvalue weighted by molar-refractivity contribution is 5.87. The molecule has 0 aromatic heterocycles. The summed E-state index contributed by atoms with van der Waals surface area (Å²) < 4.78 is 0. The molecule has 2 atom stereocenters. The number of nitrogens with one attached hydrogen (secondary N) is 1. The number of carbonyl (C=O) groups is 2. The number of piperidine rings is 1. The smallest absolute Gasteiger partial charge is 0.242 e. The fourth-order valence-corrected chi connectivity index (χ4v) is 2.16. The van der Waals surface area contributed by atoms with Crippen molar-refractivity contribution in [3.63, 3.8) is 0 Å². The molecule has 0 radical (unpaired) electrons. The van der Waals surface area contributed by atoms with Crippen LogP contribution in [0.3, 0.4) is 0 Å². The highest BCUT2D eigenvalue weighted by Crippen LogP contribution is 2.18. The van der Waals surface area contributed by atoms with Gasteiger partial charge in [-0.1, -0.05) is 6.92 Å². The van der Waals surface area contributed by atoms with Gasteiger partial charge < -0.3 is 16.0 Å². The van der Waals surface area contributed by atoms with Crippen LogP contribution in [0, 0.1) is 0 Å². The lowest BCUT2D eigenvalue weighted by molar-refractivity contribution is -0.142. The van der Waals surface area contributed by atoms with Crippen LogP contribution < -0.4 is 11.1 Å². The molecule has 1 aliphatic rings. The van der Waals surface area contributed by atoms with Crippen molar-refractivity contribution >= 4 is 11.8 Å². The van der Waals surface area contributed by atoms with Gasteiger partial charge in [-0.05, 0) is 25.7 Å². The zero-order valence-corrected chi connectivity index (χ0v) is 10.7. The average Bonchev–Trinajstić information content (AvgIpc) is 2.37. The van der Waals surface area contributed by atoms with Gasteiger partial charge >= 0.3 is 0 Å². The minimum atomic E-state index is -0.301. The zero-order valence-electron chi connectivity index (χ0n) is 10.7. The number of rotatable bonds is 4. The van der Waals surface area contributed by atoms with Crippen LogP contribution in [0.2, 0.25) is 0 Å². The van der Waals surface area contributed by atoms with Crippen LogP contribution in [0.5, 0.6) is 0 Å². The van der Waals surface area contributed by atoms with Crippen molar-refractivity contribution in [3.8, 4) is 0 Å². The van der Waals surface area contributed by atoms with Crippen LogP contribution in [0.25, 0.3) is 0 Å². The normalized spacial score (nSPS) is 22.1. The molecule has 1 saturated heterocycles. The van der Waals surface area contributed by atoms with Crippen molar-refractivity contribution in [1.82, 2.24) is 10.2 Å². The van der Waals surface area contributed by atoms with Gasteiger partial charge in [0.1, 0.15) is 6.04 Å². The summed E-state index contributed by atoms with van der Waals surface area (Å²) in [6, 6.07) is -0.403. The second-order valence-corrected chi connectivity index (χ2v) is 4.59. The van der Waals surface area contributed by atoms with Crippen molar-refractivity contribution in [2.75, 3.05) is 13.6 Å². The number of hydrogen-bond donors (Lipinski definition) is 2. The third-order valence-electron chi connectivity index (χ3n) is 3.33. The minimum absolute atomic E-state index is 0.00708. The Hall–Kier alpha value is -1.10. The molecule has 0 aliphatic carbocycles. The SMILES string of the molecule is CCC(N)CC(=O)N1CCCCC1C(=O)NC. The Morgan fingerprint density at radius 3 is 2.76 bits per heavy atom. The maximum Gasteiger partial charge on any atom is 0.242 e. The highest BCUT2D eigenvalue weighted by atomic mass is 16.2. The van der Waals surface area contributed by atoms with Crippen LogP contribution in [0.15, 0.2) is 0 Å². The number of carbonyl (C=O) groups excluding carboxylic acids is 2. The van der Waals surface area contributed by atoms with E-state index in [1.54, 1.807) is 11.9 Å². The molecule has 98 valence electrons. The third kappa shape index (κ3) is 3.70. The van der Waals surface area contributed by atoms with E-state index < -0.39 is 0 Å².